The van der Waals surface area contributed by atoms with Crippen molar-refractivity contribution in [3.05, 3.63) is 83.0 Å². The van der Waals surface area contributed by atoms with Gasteiger partial charge in [-0.1, -0.05) is 23.7 Å². The predicted molar refractivity (Wildman–Crippen MR) is 104 cm³/mol. The first-order chi connectivity index (χ1) is 13.0. The molecule has 2 aromatic heterocycles. The Balaban J connectivity index is 1.60. The quantitative estimate of drug-likeness (QED) is 0.485. The fraction of sp³-hybridized carbons (Fsp3) is 0.0476. The van der Waals surface area contributed by atoms with Gasteiger partial charge in [-0.2, -0.15) is 4.39 Å². The van der Waals surface area contributed by atoms with Crippen LogP contribution in [0, 0.1) is 12.9 Å². The smallest absolute Gasteiger partial charge is 0.278 e. The summed E-state index contributed by atoms with van der Waals surface area (Å²) in [4.78, 5) is 16.6. The molecular weight excluding hydrogens is 367 g/mol. The highest BCUT2D eigenvalue weighted by Crippen LogP contribution is 2.30. The summed E-state index contributed by atoms with van der Waals surface area (Å²) in [6.07, 6.45) is 1.66. The lowest BCUT2D eigenvalue weighted by molar-refractivity contribution is 0.102. The van der Waals surface area contributed by atoms with Crippen molar-refractivity contribution < 1.29 is 13.6 Å². The number of anilines is 1. The second kappa shape index (κ2) is 6.85. The molecule has 0 atom stereocenters. The first kappa shape index (κ1) is 17.2. The van der Waals surface area contributed by atoms with Gasteiger partial charge in [-0.15, -0.1) is 0 Å². The van der Waals surface area contributed by atoms with E-state index >= 15 is 0 Å². The molecule has 6 heteroatoms. The van der Waals surface area contributed by atoms with Crippen LogP contribution in [0.5, 0.6) is 0 Å². The molecule has 0 unspecified atom stereocenters. The van der Waals surface area contributed by atoms with Crippen molar-refractivity contribution in [2.75, 3.05) is 5.32 Å². The van der Waals surface area contributed by atoms with Crippen LogP contribution in [0.1, 0.15) is 15.9 Å². The van der Waals surface area contributed by atoms with E-state index in [4.69, 9.17) is 16.0 Å². The van der Waals surface area contributed by atoms with E-state index < -0.39 is 6.01 Å². The summed E-state index contributed by atoms with van der Waals surface area (Å²) < 4.78 is 18.3. The minimum Gasteiger partial charge on any atom is -0.431 e. The molecule has 0 saturated heterocycles. The Kier molecular flexibility index (Phi) is 4.38. The van der Waals surface area contributed by atoms with Gasteiger partial charge in [0.05, 0.1) is 10.6 Å². The van der Waals surface area contributed by atoms with E-state index in [1.165, 1.54) is 6.07 Å². The molecule has 0 saturated carbocycles. The number of carbonyl (C=O) groups is 1. The van der Waals surface area contributed by atoms with Gasteiger partial charge in [0.25, 0.3) is 11.9 Å². The Morgan fingerprint density at radius 1 is 1.15 bits per heavy atom. The number of aromatic nitrogens is 1. The topological polar surface area (TPSA) is 55.1 Å². The Labute approximate surface area is 159 Å². The number of nitrogens with one attached hydrogen (secondary N) is 1. The fourth-order valence-corrected chi connectivity index (χ4v) is 3.14. The minimum absolute atomic E-state index is 0.327. The maximum atomic E-state index is 13.3. The number of benzene rings is 2. The van der Waals surface area contributed by atoms with Crippen LogP contribution in [0.4, 0.5) is 10.2 Å². The van der Waals surface area contributed by atoms with E-state index in [1.807, 2.05) is 19.1 Å². The van der Waals surface area contributed by atoms with Gasteiger partial charge in [-0.3, -0.25) is 4.79 Å². The van der Waals surface area contributed by atoms with Crippen LogP contribution in [-0.4, -0.2) is 10.9 Å². The maximum absolute atomic E-state index is 13.3. The van der Waals surface area contributed by atoms with Gasteiger partial charge in [0.1, 0.15) is 11.4 Å². The molecule has 4 aromatic rings. The van der Waals surface area contributed by atoms with E-state index in [9.17, 15) is 9.18 Å². The molecule has 0 aliphatic carbocycles. The summed E-state index contributed by atoms with van der Waals surface area (Å²) in [5.74, 6) is 0.0871. The van der Waals surface area contributed by atoms with E-state index in [0.717, 1.165) is 16.7 Å². The number of fused-ring (bicyclic) bond motifs is 1. The number of furan rings is 1. The number of hydrogen-bond donors (Lipinski definition) is 1. The van der Waals surface area contributed by atoms with Crippen LogP contribution in [0.25, 0.3) is 22.1 Å². The van der Waals surface area contributed by atoms with Crippen LogP contribution in [0.15, 0.2) is 65.2 Å². The second-order valence-electron chi connectivity index (χ2n) is 6.12. The third-order valence-corrected chi connectivity index (χ3v) is 4.60. The maximum Gasteiger partial charge on any atom is 0.278 e. The fourth-order valence-electron chi connectivity index (χ4n) is 2.92. The molecule has 0 radical (unpaired) electrons. The van der Waals surface area contributed by atoms with Gasteiger partial charge in [-0.25, -0.2) is 4.98 Å². The number of amides is 1. The lowest BCUT2D eigenvalue weighted by Gasteiger charge is -2.09. The van der Waals surface area contributed by atoms with Gasteiger partial charge in [0, 0.05) is 23.2 Å². The standard InChI is InChI=1S/C21H14ClFN2O2/c1-12-8-18-14(10-19(23)27-18)9-16(12)13-6-7-20(24-11-13)25-21(26)15-4-2-3-5-17(15)22/h2-11H,1H3,(H,24,25,26). The first-order valence-electron chi connectivity index (χ1n) is 8.23. The van der Waals surface area contributed by atoms with Crippen molar-refractivity contribution in [3.63, 3.8) is 0 Å². The highest BCUT2D eigenvalue weighted by Gasteiger charge is 2.12. The van der Waals surface area contributed by atoms with E-state index in [1.54, 1.807) is 42.6 Å². The predicted octanol–water partition coefficient (Wildman–Crippen LogP) is 5.85. The van der Waals surface area contributed by atoms with Crippen LogP contribution >= 0.6 is 11.6 Å². The average molecular weight is 381 g/mol. The molecule has 134 valence electrons. The van der Waals surface area contributed by atoms with Crippen molar-refractivity contribution in [1.29, 1.82) is 0 Å². The van der Waals surface area contributed by atoms with Crippen LogP contribution < -0.4 is 5.32 Å². The SMILES string of the molecule is Cc1cc2oc(F)cc2cc1-c1ccc(NC(=O)c2ccccc2Cl)nc1. The van der Waals surface area contributed by atoms with Gasteiger partial charge >= 0.3 is 0 Å². The zero-order chi connectivity index (χ0) is 19.0. The Morgan fingerprint density at radius 3 is 2.70 bits per heavy atom. The monoisotopic (exact) mass is 380 g/mol. The molecule has 1 N–H and O–H groups in total. The molecular formula is C21H14ClFN2O2. The molecule has 0 aliphatic rings. The van der Waals surface area contributed by atoms with Gasteiger partial charge in [0.2, 0.25) is 0 Å². The van der Waals surface area contributed by atoms with Crippen molar-refractivity contribution in [1.82, 2.24) is 4.98 Å². The number of hydrogen-bond acceptors (Lipinski definition) is 3. The van der Waals surface area contributed by atoms with E-state index in [2.05, 4.69) is 10.3 Å². The summed E-state index contributed by atoms with van der Waals surface area (Å²) in [5, 5.41) is 3.79. The van der Waals surface area contributed by atoms with Crippen molar-refractivity contribution >= 4 is 34.3 Å². The molecule has 27 heavy (non-hydrogen) atoms. The summed E-state index contributed by atoms with van der Waals surface area (Å²) in [6, 6.07) is 14.8. The van der Waals surface area contributed by atoms with E-state index in [-0.39, 0.29) is 5.91 Å². The van der Waals surface area contributed by atoms with Crippen molar-refractivity contribution in [3.8, 4) is 11.1 Å². The summed E-state index contributed by atoms with van der Waals surface area (Å²) in [6.45, 7) is 1.92. The molecule has 4 rings (SSSR count). The third kappa shape index (κ3) is 3.41. The lowest BCUT2D eigenvalue weighted by atomic mass is 10.0. The third-order valence-electron chi connectivity index (χ3n) is 4.27. The summed E-state index contributed by atoms with van der Waals surface area (Å²) in [5.41, 5.74) is 3.59. The van der Waals surface area contributed by atoms with Crippen LogP contribution in [0.2, 0.25) is 5.02 Å². The van der Waals surface area contributed by atoms with Crippen LogP contribution in [-0.2, 0) is 0 Å². The Bertz CT molecular complexity index is 1150. The van der Waals surface area contributed by atoms with Gasteiger partial charge in [0.15, 0.2) is 0 Å². The Hall–Kier alpha value is -3.18. The number of pyridine rings is 1. The molecule has 2 aromatic carbocycles. The molecule has 0 spiro atoms. The van der Waals surface area contributed by atoms with Gasteiger partial charge < -0.3 is 9.73 Å². The largest absolute Gasteiger partial charge is 0.431 e. The first-order valence-corrected chi connectivity index (χ1v) is 8.61. The van der Waals surface area contributed by atoms with Crippen LogP contribution in [0.3, 0.4) is 0 Å². The van der Waals surface area contributed by atoms with Crippen molar-refractivity contribution in [2.24, 2.45) is 0 Å². The molecule has 0 bridgehead atoms. The highest BCUT2D eigenvalue weighted by atomic mass is 35.5. The summed E-state index contributed by atoms with van der Waals surface area (Å²) in [7, 11) is 0. The van der Waals surface area contributed by atoms with Gasteiger partial charge in [-0.05, 0) is 54.4 Å². The zero-order valence-electron chi connectivity index (χ0n) is 14.3. The zero-order valence-corrected chi connectivity index (χ0v) is 15.0. The number of halogens is 2. The molecule has 0 fully saturated rings. The minimum atomic E-state index is -0.614. The molecule has 0 aliphatic heterocycles. The molecule has 4 nitrogen and oxygen atoms in total. The number of rotatable bonds is 3. The number of aryl methyl sites for hydroxylation is 1. The van der Waals surface area contributed by atoms with Crippen molar-refractivity contribution in [2.45, 2.75) is 6.92 Å². The Morgan fingerprint density at radius 2 is 1.96 bits per heavy atom. The number of nitrogens with zero attached hydrogens (tertiary/aromatic N) is 1. The summed E-state index contributed by atoms with van der Waals surface area (Å²) >= 11 is 6.04. The number of carbonyl (C=O) groups excluding carboxylic acids is 1. The highest BCUT2D eigenvalue weighted by molar-refractivity contribution is 6.34. The molecule has 1 amide bonds. The average Bonchev–Trinajstić information content (AvgIpc) is 3.01. The normalized spacial score (nSPS) is 10.9. The molecule has 2 heterocycles. The van der Waals surface area contributed by atoms with E-state index in [0.29, 0.717) is 27.4 Å². The lowest BCUT2D eigenvalue weighted by Crippen LogP contribution is -2.13. The second-order valence-corrected chi connectivity index (χ2v) is 6.53.